The standard InChI is InChI=1S/C26H39N3O3/c1-3-22(4-2)24(28-16-18-32-19-17-28)20-27-26(31)23-12-14-29(15-13-23)25(30)11-10-21-8-6-5-7-9-21/h5-11,22-24H,3-4,12-20H2,1-2H3,(H,27,31)/b11-10+. The fraction of sp³-hybridized carbons (Fsp3) is 0.615. The van der Waals surface area contributed by atoms with Gasteiger partial charge in [0.25, 0.3) is 0 Å². The van der Waals surface area contributed by atoms with Crippen molar-refractivity contribution in [1.82, 2.24) is 15.1 Å². The van der Waals surface area contributed by atoms with Gasteiger partial charge in [-0.1, -0.05) is 57.0 Å². The van der Waals surface area contributed by atoms with Crippen molar-refractivity contribution in [2.45, 2.75) is 45.6 Å². The summed E-state index contributed by atoms with van der Waals surface area (Å²) >= 11 is 0. The molecule has 2 heterocycles. The Hall–Kier alpha value is -2.18. The summed E-state index contributed by atoms with van der Waals surface area (Å²) in [6.45, 7) is 9.87. The van der Waals surface area contributed by atoms with Gasteiger partial charge in [-0.3, -0.25) is 14.5 Å². The highest BCUT2D eigenvalue weighted by molar-refractivity contribution is 5.92. The van der Waals surface area contributed by atoms with E-state index in [4.69, 9.17) is 4.74 Å². The minimum absolute atomic E-state index is 0.0100. The summed E-state index contributed by atoms with van der Waals surface area (Å²) in [7, 11) is 0. The van der Waals surface area contributed by atoms with E-state index in [9.17, 15) is 9.59 Å². The van der Waals surface area contributed by atoms with Crippen LogP contribution in [0.25, 0.3) is 6.08 Å². The van der Waals surface area contributed by atoms with Crippen LogP contribution in [0.5, 0.6) is 0 Å². The number of rotatable bonds is 9. The molecule has 2 amide bonds. The monoisotopic (exact) mass is 441 g/mol. The molecular formula is C26H39N3O3. The Bertz CT molecular complexity index is 734. The van der Waals surface area contributed by atoms with Crippen molar-refractivity contribution in [2.24, 2.45) is 11.8 Å². The Balaban J connectivity index is 1.46. The summed E-state index contributed by atoms with van der Waals surface area (Å²) in [5.74, 6) is 0.725. The Labute approximate surface area is 193 Å². The zero-order chi connectivity index (χ0) is 22.8. The molecule has 32 heavy (non-hydrogen) atoms. The lowest BCUT2D eigenvalue weighted by Gasteiger charge is -2.39. The minimum Gasteiger partial charge on any atom is -0.379 e. The fourth-order valence-electron chi connectivity index (χ4n) is 4.88. The second-order valence-electron chi connectivity index (χ2n) is 8.88. The molecule has 6 nitrogen and oxygen atoms in total. The number of amides is 2. The Morgan fingerprint density at radius 3 is 2.34 bits per heavy atom. The maximum atomic E-state index is 12.9. The first-order valence-electron chi connectivity index (χ1n) is 12.2. The molecule has 6 heteroatoms. The molecule has 2 fully saturated rings. The lowest BCUT2D eigenvalue weighted by Crippen LogP contribution is -2.53. The Morgan fingerprint density at radius 2 is 1.72 bits per heavy atom. The molecule has 1 N–H and O–H groups in total. The van der Waals surface area contributed by atoms with Gasteiger partial charge in [0.1, 0.15) is 0 Å². The molecule has 0 bridgehead atoms. The van der Waals surface area contributed by atoms with Crippen LogP contribution in [-0.4, -0.2) is 73.6 Å². The summed E-state index contributed by atoms with van der Waals surface area (Å²) in [5.41, 5.74) is 1.02. The van der Waals surface area contributed by atoms with E-state index in [2.05, 4.69) is 24.1 Å². The van der Waals surface area contributed by atoms with Crippen molar-refractivity contribution < 1.29 is 14.3 Å². The zero-order valence-corrected chi connectivity index (χ0v) is 19.7. The summed E-state index contributed by atoms with van der Waals surface area (Å²) in [4.78, 5) is 29.7. The predicted molar refractivity (Wildman–Crippen MR) is 128 cm³/mol. The van der Waals surface area contributed by atoms with Crippen molar-refractivity contribution in [2.75, 3.05) is 45.9 Å². The fourth-order valence-corrected chi connectivity index (χ4v) is 4.88. The molecule has 2 aliphatic rings. The molecule has 1 aromatic rings. The van der Waals surface area contributed by atoms with Crippen LogP contribution in [0.4, 0.5) is 0 Å². The summed E-state index contributed by atoms with van der Waals surface area (Å²) in [5, 5.41) is 3.25. The van der Waals surface area contributed by atoms with Crippen molar-refractivity contribution in [3.63, 3.8) is 0 Å². The predicted octanol–water partition coefficient (Wildman–Crippen LogP) is 3.19. The van der Waals surface area contributed by atoms with Crippen molar-refractivity contribution in [1.29, 1.82) is 0 Å². The SMILES string of the molecule is CCC(CC)C(CNC(=O)C1CCN(C(=O)/C=C/c2ccccc2)CC1)N1CCOCC1. The quantitative estimate of drug-likeness (QED) is 0.598. The number of hydrogen-bond acceptors (Lipinski definition) is 4. The topological polar surface area (TPSA) is 61.9 Å². The van der Waals surface area contributed by atoms with Gasteiger partial charge in [-0.05, 0) is 30.4 Å². The summed E-state index contributed by atoms with van der Waals surface area (Å²) in [6, 6.07) is 10.2. The lowest BCUT2D eigenvalue weighted by atomic mass is 9.91. The van der Waals surface area contributed by atoms with Gasteiger partial charge in [0.05, 0.1) is 13.2 Å². The minimum atomic E-state index is -0.0100. The number of piperidine rings is 1. The Morgan fingerprint density at radius 1 is 1.06 bits per heavy atom. The van der Waals surface area contributed by atoms with Gasteiger partial charge in [0, 0.05) is 50.8 Å². The van der Waals surface area contributed by atoms with Crippen LogP contribution >= 0.6 is 0 Å². The Kier molecular flexibility index (Phi) is 9.75. The van der Waals surface area contributed by atoms with Crippen LogP contribution < -0.4 is 5.32 Å². The summed E-state index contributed by atoms with van der Waals surface area (Å²) in [6.07, 6.45) is 7.17. The molecule has 2 aliphatic heterocycles. The molecule has 0 saturated carbocycles. The molecule has 176 valence electrons. The third-order valence-electron chi connectivity index (χ3n) is 6.99. The largest absolute Gasteiger partial charge is 0.379 e. The first-order chi connectivity index (χ1) is 15.6. The molecular weight excluding hydrogens is 402 g/mol. The molecule has 1 atom stereocenters. The van der Waals surface area contributed by atoms with Gasteiger partial charge < -0.3 is 15.0 Å². The van der Waals surface area contributed by atoms with Crippen LogP contribution in [-0.2, 0) is 14.3 Å². The molecule has 1 unspecified atom stereocenters. The highest BCUT2D eigenvalue weighted by Crippen LogP contribution is 2.21. The van der Waals surface area contributed by atoms with Crippen LogP contribution in [0.1, 0.15) is 45.1 Å². The van der Waals surface area contributed by atoms with E-state index in [0.29, 0.717) is 31.6 Å². The van der Waals surface area contributed by atoms with Gasteiger partial charge >= 0.3 is 0 Å². The van der Waals surface area contributed by atoms with E-state index in [1.165, 1.54) is 0 Å². The first-order valence-corrected chi connectivity index (χ1v) is 12.2. The van der Waals surface area contributed by atoms with Crippen LogP contribution in [0.15, 0.2) is 36.4 Å². The van der Waals surface area contributed by atoms with Gasteiger partial charge in [0.2, 0.25) is 11.8 Å². The molecule has 0 spiro atoms. The third kappa shape index (κ3) is 6.91. The van der Waals surface area contributed by atoms with E-state index in [-0.39, 0.29) is 17.7 Å². The van der Waals surface area contributed by atoms with Crippen LogP contribution in [0, 0.1) is 11.8 Å². The van der Waals surface area contributed by atoms with Crippen LogP contribution in [0.2, 0.25) is 0 Å². The second kappa shape index (κ2) is 12.8. The molecule has 2 saturated heterocycles. The number of carbonyl (C=O) groups is 2. The van der Waals surface area contributed by atoms with Gasteiger partial charge in [-0.25, -0.2) is 0 Å². The average Bonchev–Trinajstić information content (AvgIpc) is 2.86. The average molecular weight is 442 g/mol. The molecule has 0 radical (unpaired) electrons. The molecule has 1 aromatic carbocycles. The second-order valence-corrected chi connectivity index (χ2v) is 8.88. The van der Waals surface area contributed by atoms with Crippen molar-refractivity contribution in [3.8, 4) is 0 Å². The van der Waals surface area contributed by atoms with Crippen LogP contribution in [0.3, 0.4) is 0 Å². The number of benzene rings is 1. The number of ether oxygens (including phenoxy) is 1. The number of hydrogen-bond donors (Lipinski definition) is 1. The highest BCUT2D eigenvalue weighted by Gasteiger charge is 2.30. The third-order valence-corrected chi connectivity index (χ3v) is 6.99. The van der Waals surface area contributed by atoms with Crippen molar-refractivity contribution in [3.05, 3.63) is 42.0 Å². The normalized spacial score (nSPS) is 19.4. The number of carbonyl (C=O) groups excluding carboxylic acids is 2. The smallest absolute Gasteiger partial charge is 0.246 e. The van der Waals surface area contributed by atoms with Gasteiger partial charge in [-0.2, -0.15) is 0 Å². The molecule has 0 aromatic heterocycles. The maximum absolute atomic E-state index is 12.9. The van der Waals surface area contributed by atoms with E-state index in [1.807, 2.05) is 41.3 Å². The maximum Gasteiger partial charge on any atom is 0.246 e. The molecule has 3 rings (SSSR count). The summed E-state index contributed by atoms with van der Waals surface area (Å²) < 4.78 is 5.52. The first kappa shape index (κ1) is 24.5. The molecule has 0 aliphatic carbocycles. The van der Waals surface area contributed by atoms with Crippen molar-refractivity contribution >= 4 is 17.9 Å². The lowest BCUT2D eigenvalue weighted by molar-refractivity contribution is -0.132. The van der Waals surface area contributed by atoms with Gasteiger partial charge in [-0.15, -0.1) is 0 Å². The van der Waals surface area contributed by atoms with Gasteiger partial charge in [0.15, 0.2) is 0 Å². The van der Waals surface area contributed by atoms with E-state index < -0.39 is 0 Å². The van der Waals surface area contributed by atoms with E-state index >= 15 is 0 Å². The highest BCUT2D eigenvalue weighted by atomic mass is 16.5. The number of nitrogens with one attached hydrogen (secondary N) is 1. The zero-order valence-electron chi connectivity index (χ0n) is 19.7. The number of nitrogens with zero attached hydrogens (tertiary/aromatic N) is 2. The number of morpholine rings is 1. The van der Waals surface area contributed by atoms with E-state index in [0.717, 1.165) is 57.6 Å². The van der Waals surface area contributed by atoms with E-state index in [1.54, 1.807) is 6.08 Å². The number of likely N-dealkylation sites (tertiary alicyclic amines) is 1.